The summed E-state index contributed by atoms with van der Waals surface area (Å²) in [5, 5.41) is 22.5. The summed E-state index contributed by atoms with van der Waals surface area (Å²) in [5.74, 6) is -0.112. The van der Waals surface area contributed by atoms with E-state index in [4.69, 9.17) is 11.6 Å². The summed E-state index contributed by atoms with van der Waals surface area (Å²) >= 11 is 6.34. The zero-order valence-electron chi connectivity index (χ0n) is 16.3. The molecule has 0 spiro atoms. The van der Waals surface area contributed by atoms with Gasteiger partial charge >= 0.3 is 0 Å². The molecule has 6 heteroatoms. The van der Waals surface area contributed by atoms with Gasteiger partial charge < -0.3 is 20.1 Å². The third kappa shape index (κ3) is 3.12. The number of pyridine rings is 1. The van der Waals surface area contributed by atoms with E-state index in [9.17, 15) is 15.0 Å². The van der Waals surface area contributed by atoms with E-state index in [-0.39, 0.29) is 27.9 Å². The number of aromatic nitrogens is 1. The van der Waals surface area contributed by atoms with Crippen molar-refractivity contribution in [2.24, 2.45) is 0 Å². The minimum absolute atomic E-state index is 0.00704. The molecular weight excluding hydrogens is 388 g/mol. The van der Waals surface area contributed by atoms with Crippen LogP contribution in [0.15, 0.2) is 53.3 Å². The number of hydrogen-bond acceptors (Lipinski definition) is 4. The van der Waals surface area contributed by atoms with Crippen molar-refractivity contribution in [3.05, 3.63) is 69.5 Å². The molecule has 148 valence electrons. The number of H-pyrrole nitrogens is 1. The first-order chi connectivity index (χ1) is 13.8. The molecule has 1 atom stereocenters. The Morgan fingerprint density at radius 2 is 1.69 bits per heavy atom. The van der Waals surface area contributed by atoms with E-state index < -0.39 is 5.56 Å². The van der Waals surface area contributed by atoms with Gasteiger partial charge in [-0.15, -0.1) is 0 Å². The smallest absolute Gasteiger partial charge is 0.260 e. The standard InChI is InChI=1S/C23H21ClN2O3/c1-12(26(2)3)13-7-9-14(10-8-13)19-18(28)11-16(24)22-21(19)15-5-4-6-17(27)20(15)23(29)25-22/h4-12,27-28H,1-3H3,(H,25,29)/t12-/m1/s1. The Kier molecular flexibility index (Phi) is 4.73. The maximum Gasteiger partial charge on any atom is 0.260 e. The molecule has 29 heavy (non-hydrogen) atoms. The molecule has 1 heterocycles. The Hall–Kier alpha value is -3.02. The molecule has 0 unspecified atom stereocenters. The minimum Gasteiger partial charge on any atom is -0.507 e. The highest BCUT2D eigenvalue weighted by molar-refractivity contribution is 6.37. The summed E-state index contributed by atoms with van der Waals surface area (Å²) < 4.78 is 0. The lowest BCUT2D eigenvalue weighted by molar-refractivity contribution is 0.321. The SMILES string of the molecule is C[C@H](c1ccc(-c2c(O)cc(Cl)c3[nH]c(=O)c4c(O)cccc4c23)cc1)N(C)C. The Balaban J connectivity index is 2.07. The van der Waals surface area contributed by atoms with Gasteiger partial charge in [0.25, 0.3) is 5.56 Å². The molecule has 0 saturated carbocycles. The van der Waals surface area contributed by atoms with Crippen LogP contribution in [0.25, 0.3) is 32.8 Å². The van der Waals surface area contributed by atoms with Crippen LogP contribution in [0.2, 0.25) is 5.02 Å². The second-order valence-corrected chi connectivity index (χ2v) is 7.83. The van der Waals surface area contributed by atoms with Gasteiger partial charge in [0.05, 0.1) is 15.9 Å². The Morgan fingerprint density at radius 3 is 2.34 bits per heavy atom. The number of aromatic hydroxyl groups is 2. The average molecular weight is 409 g/mol. The summed E-state index contributed by atoms with van der Waals surface area (Å²) in [5.41, 5.74) is 2.48. The van der Waals surface area contributed by atoms with Crippen molar-refractivity contribution < 1.29 is 10.2 Å². The van der Waals surface area contributed by atoms with Crippen molar-refractivity contribution in [3.8, 4) is 22.6 Å². The molecule has 0 aliphatic rings. The number of nitrogens with zero attached hydrogens (tertiary/aromatic N) is 1. The van der Waals surface area contributed by atoms with Crippen molar-refractivity contribution in [1.29, 1.82) is 0 Å². The number of fused-ring (bicyclic) bond motifs is 3. The predicted octanol–water partition coefficient (Wildman–Crippen LogP) is 5.04. The highest BCUT2D eigenvalue weighted by Crippen LogP contribution is 2.43. The first-order valence-corrected chi connectivity index (χ1v) is 9.63. The molecule has 0 aliphatic heterocycles. The van der Waals surface area contributed by atoms with Crippen molar-refractivity contribution in [2.75, 3.05) is 14.1 Å². The molecule has 3 aromatic carbocycles. The normalized spacial score (nSPS) is 12.7. The quantitative estimate of drug-likeness (QED) is 0.415. The molecule has 0 saturated heterocycles. The molecule has 0 bridgehead atoms. The van der Waals surface area contributed by atoms with Crippen LogP contribution in [-0.4, -0.2) is 34.2 Å². The molecule has 0 aliphatic carbocycles. The lowest BCUT2D eigenvalue weighted by Gasteiger charge is -2.20. The van der Waals surface area contributed by atoms with E-state index in [0.29, 0.717) is 21.9 Å². The fourth-order valence-corrected chi connectivity index (χ4v) is 3.96. The topological polar surface area (TPSA) is 76.6 Å². The molecule has 0 radical (unpaired) electrons. The fraction of sp³-hybridized carbons (Fsp3) is 0.174. The highest BCUT2D eigenvalue weighted by Gasteiger charge is 2.19. The molecule has 0 fully saturated rings. The second kappa shape index (κ2) is 7.10. The molecule has 5 nitrogen and oxygen atoms in total. The molecular formula is C23H21ClN2O3. The van der Waals surface area contributed by atoms with E-state index in [1.165, 1.54) is 12.1 Å². The lowest BCUT2D eigenvalue weighted by atomic mass is 9.94. The average Bonchev–Trinajstić information content (AvgIpc) is 2.68. The van der Waals surface area contributed by atoms with Crippen LogP contribution in [0.4, 0.5) is 0 Å². The van der Waals surface area contributed by atoms with Gasteiger partial charge in [-0.05, 0) is 38.2 Å². The van der Waals surface area contributed by atoms with E-state index >= 15 is 0 Å². The number of hydrogen-bond donors (Lipinski definition) is 3. The molecule has 3 N–H and O–H groups in total. The zero-order chi connectivity index (χ0) is 20.9. The number of halogens is 1. The van der Waals surface area contributed by atoms with Crippen molar-refractivity contribution in [2.45, 2.75) is 13.0 Å². The third-order valence-corrected chi connectivity index (χ3v) is 5.79. The second-order valence-electron chi connectivity index (χ2n) is 7.42. The van der Waals surface area contributed by atoms with E-state index in [2.05, 4.69) is 16.8 Å². The van der Waals surface area contributed by atoms with Crippen molar-refractivity contribution in [1.82, 2.24) is 9.88 Å². The van der Waals surface area contributed by atoms with Crippen LogP contribution in [0, 0.1) is 0 Å². The molecule has 1 aromatic heterocycles. The third-order valence-electron chi connectivity index (χ3n) is 5.49. The van der Waals surface area contributed by atoms with Gasteiger partial charge in [-0.3, -0.25) is 4.79 Å². The number of rotatable bonds is 3. The van der Waals surface area contributed by atoms with Crippen LogP contribution in [-0.2, 0) is 0 Å². The summed E-state index contributed by atoms with van der Waals surface area (Å²) in [6, 6.07) is 14.5. The van der Waals surface area contributed by atoms with Gasteiger partial charge in [0.2, 0.25) is 0 Å². The van der Waals surface area contributed by atoms with Crippen molar-refractivity contribution in [3.63, 3.8) is 0 Å². The number of aromatic amines is 1. The summed E-state index contributed by atoms with van der Waals surface area (Å²) in [6.07, 6.45) is 0. The van der Waals surface area contributed by atoms with E-state index in [0.717, 1.165) is 11.1 Å². The maximum atomic E-state index is 12.5. The lowest BCUT2D eigenvalue weighted by Crippen LogP contribution is -2.16. The van der Waals surface area contributed by atoms with Gasteiger partial charge in [0.1, 0.15) is 11.5 Å². The largest absolute Gasteiger partial charge is 0.507 e. The van der Waals surface area contributed by atoms with Crippen LogP contribution in [0.1, 0.15) is 18.5 Å². The van der Waals surface area contributed by atoms with Crippen LogP contribution in [0.3, 0.4) is 0 Å². The Bertz CT molecular complexity index is 1290. The summed E-state index contributed by atoms with van der Waals surface area (Å²) in [7, 11) is 4.04. The Morgan fingerprint density at radius 1 is 1.00 bits per heavy atom. The maximum absolute atomic E-state index is 12.5. The fourth-order valence-electron chi connectivity index (χ4n) is 3.71. The number of phenols is 2. The molecule has 4 aromatic rings. The monoisotopic (exact) mass is 408 g/mol. The summed E-state index contributed by atoms with van der Waals surface area (Å²) in [6.45, 7) is 2.12. The number of phenolic OH excluding ortho intramolecular Hbond substituents is 2. The zero-order valence-corrected chi connectivity index (χ0v) is 17.1. The minimum atomic E-state index is -0.431. The van der Waals surface area contributed by atoms with Gasteiger partial charge in [0, 0.05) is 28.4 Å². The van der Waals surface area contributed by atoms with Crippen molar-refractivity contribution >= 4 is 33.3 Å². The van der Waals surface area contributed by atoms with E-state index in [1.807, 2.05) is 38.4 Å². The predicted molar refractivity (Wildman–Crippen MR) is 118 cm³/mol. The van der Waals surface area contributed by atoms with Gasteiger partial charge in [-0.25, -0.2) is 0 Å². The summed E-state index contributed by atoms with van der Waals surface area (Å²) in [4.78, 5) is 17.4. The first kappa shape index (κ1) is 19.3. The van der Waals surface area contributed by atoms with Gasteiger partial charge in [0.15, 0.2) is 0 Å². The molecule has 4 rings (SSSR count). The van der Waals surface area contributed by atoms with Crippen LogP contribution < -0.4 is 5.56 Å². The Labute approximate surface area is 172 Å². The van der Waals surface area contributed by atoms with E-state index in [1.54, 1.807) is 12.1 Å². The van der Waals surface area contributed by atoms with Gasteiger partial charge in [-0.1, -0.05) is 48.0 Å². The van der Waals surface area contributed by atoms with Crippen LogP contribution in [0.5, 0.6) is 11.5 Å². The number of nitrogens with one attached hydrogen (secondary N) is 1. The number of benzene rings is 3. The first-order valence-electron chi connectivity index (χ1n) is 9.25. The molecule has 0 amide bonds. The van der Waals surface area contributed by atoms with Crippen LogP contribution >= 0.6 is 11.6 Å². The van der Waals surface area contributed by atoms with Gasteiger partial charge in [-0.2, -0.15) is 0 Å². The highest BCUT2D eigenvalue weighted by atomic mass is 35.5.